The fourth-order valence-corrected chi connectivity index (χ4v) is 5.52. The van der Waals surface area contributed by atoms with Crippen molar-refractivity contribution in [1.29, 1.82) is 0 Å². The predicted octanol–water partition coefficient (Wildman–Crippen LogP) is 4.06. The van der Waals surface area contributed by atoms with Gasteiger partial charge in [-0.05, 0) is 75.5 Å². The monoisotopic (exact) mass is 278 g/mol. The van der Waals surface area contributed by atoms with Crippen molar-refractivity contribution in [3.8, 4) is 0 Å². The van der Waals surface area contributed by atoms with Gasteiger partial charge in [0.2, 0.25) is 0 Å². The van der Waals surface area contributed by atoms with E-state index in [1.165, 1.54) is 51.4 Å². The van der Waals surface area contributed by atoms with Crippen LogP contribution >= 0.6 is 0 Å². The molecule has 3 saturated carbocycles. The quantitative estimate of drug-likeness (QED) is 0.825. The number of ether oxygens (including phenoxy) is 1. The van der Waals surface area contributed by atoms with Gasteiger partial charge in [0, 0.05) is 6.61 Å². The molecule has 0 aromatic carbocycles. The Morgan fingerprint density at radius 2 is 1.60 bits per heavy atom. The molecular weight excluding hydrogens is 248 g/mol. The van der Waals surface area contributed by atoms with Gasteiger partial charge in [0.15, 0.2) is 0 Å². The minimum Gasteiger partial charge on any atom is -0.390 e. The predicted molar refractivity (Wildman–Crippen MR) is 79.5 cm³/mol. The van der Waals surface area contributed by atoms with Crippen LogP contribution < -0.4 is 0 Å². The molecule has 1 saturated heterocycles. The third-order valence-electron chi connectivity index (χ3n) is 6.86. The zero-order valence-electron chi connectivity index (χ0n) is 12.8. The number of hydrogen-bond acceptors (Lipinski definition) is 2. The van der Waals surface area contributed by atoms with Crippen molar-refractivity contribution in [2.45, 2.75) is 88.3 Å². The summed E-state index contributed by atoms with van der Waals surface area (Å²) in [6.45, 7) is 0.890. The summed E-state index contributed by atoms with van der Waals surface area (Å²) in [7, 11) is 0. The molecule has 20 heavy (non-hydrogen) atoms. The first-order valence-corrected chi connectivity index (χ1v) is 9.06. The molecule has 1 aliphatic heterocycles. The Morgan fingerprint density at radius 3 is 2.35 bits per heavy atom. The van der Waals surface area contributed by atoms with Gasteiger partial charge in [-0.3, -0.25) is 0 Å². The molecule has 0 bridgehead atoms. The van der Waals surface area contributed by atoms with E-state index in [9.17, 15) is 5.11 Å². The zero-order valence-corrected chi connectivity index (χ0v) is 12.8. The summed E-state index contributed by atoms with van der Waals surface area (Å²) in [5.41, 5.74) is -0.198. The summed E-state index contributed by atoms with van der Waals surface area (Å²) in [5.74, 6) is 2.30. The summed E-state index contributed by atoms with van der Waals surface area (Å²) < 4.78 is 6.17. The van der Waals surface area contributed by atoms with E-state index in [0.29, 0.717) is 5.92 Å². The lowest BCUT2D eigenvalue weighted by atomic mass is 9.65. The van der Waals surface area contributed by atoms with Gasteiger partial charge in [0.25, 0.3) is 0 Å². The van der Waals surface area contributed by atoms with Crippen molar-refractivity contribution in [3.63, 3.8) is 0 Å². The van der Waals surface area contributed by atoms with Crippen LogP contribution in [0.15, 0.2) is 0 Å². The maximum atomic E-state index is 11.3. The van der Waals surface area contributed by atoms with Gasteiger partial charge >= 0.3 is 0 Å². The summed E-state index contributed by atoms with van der Waals surface area (Å²) in [6, 6.07) is 0. The molecule has 0 radical (unpaired) electrons. The molecule has 3 aliphatic carbocycles. The van der Waals surface area contributed by atoms with E-state index in [-0.39, 0.29) is 11.2 Å². The fourth-order valence-electron chi connectivity index (χ4n) is 5.52. The first kappa shape index (κ1) is 13.6. The van der Waals surface area contributed by atoms with E-state index in [4.69, 9.17) is 4.74 Å². The maximum Gasteiger partial charge on any atom is 0.0686 e. The molecule has 2 heteroatoms. The third-order valence-corrected chi connectivity index (χ3v) is 6.86. The molecule has 0 amide bonds. The second-order valence-corrected chi connectivity index (χ2v) is 8.23. The smallest absolute Gasteiger partial charge is 0.0686 e. The zero-order chi connectivity index (χ0) is 13.6. The van der Waals surface area contributed by atoms with Gasteiger partial charge in [0.05, 0.1) is 11.2 Å². The standard InChI is InChI=1S/C18H30O2/c19-18(10-3-4-15(12-18)14-5-6-14)16-7-11-20-17(13-16)8-1-2-9-17/h14-16,19H,1-13H2. The van der Waals surface area contributed by atoms with E-state index in [0.717, 1.165) is 44.1 Å². The van der Waals surface area contributed by atoms with E-state index in [1.54, 1.807) is 0 Å². The molecule has 3 unspecified atom stereocenters. The molecule has 1 N–H and O–H groups in total. The number of aliphatic hydroxyl groups is 1. The highest BCUT2D eigenvalue weighted by Crippen LogP contribution is 2.52. The van der Waals surface area contributed by atoms with Crippen molar-refractivity contribution in [2.24, 2.45) is 17.8 Å². The second-order valence-electron chi connectivity index (χ2n) is 8.23. The van der Waals surface area contributed by atoms with Gasteiger partial charge in [-0.1, -0.05) is 19.3 Å². The van der Waals surface area contributed by atoms with Crippen molar-refractivity contribution >= 4 is 0 Å². The average Bonchev–Trinajstić information content (AvgIpc) is 3.22. The van der Waals surface area contributed by atoms with Crippen molar-refractivity contribution in [1.82, 2.24) is 0 Å². The molecule has 4 rings (SSSR count). The molecule has 0 aromatic rings. The normalized spacial score (nSPS) is 44.9. The fraction of sp³-hybridized carbons (Fsp3) is 1.00. The highest BCUT2D eigenvalue weighted by molar-refractivity contribution is 5.01. The Bertz CT molecular complexity index is 356. The molecule has 1 heterocycles. The summed E-state index contributed by atoms with van der Waals surface area (Å²) in [4.78, 5) is 0. The van der Waals surface area contributed by atoms with E-state index in [1.807, 2.05) is 0 Å². The minimum absolute atomic E-state index is 0.158. The molecule has 114 valence electrons. The Kier molecular flexibility index (Phi) is 3.38. The van der Waals surface area contributed by atoms with Crippen LogP contribution in [0.1, 0.15) is 77.0 Å². The topological polar surface area (TPSA) is 29.5 Å². The van der Waals surface area contributed by atoms with Crippen molar-refractivity contribution in [2.75, 3.05) is 6.61 Å². The highest BCUT2D eigenvalue weighted by atomic mass is 16.5. The van der Waals surface area contributed by atoms with Crippen LogP contribution in [0.5, 0.6) is 0 Å². The highest BCUT2D eigenvalue weighted by Gasteiger charge is 2.50. The summed E-state index contributed by atoms with van der Waals surface area (Å²) >= 11 is 0. The first-order valence-electron chi connectivity index (χ1n) is 9.06. The van der Waals surface area contributed by atoms with Gasteiger partial charge < -0.3 is 9.84 Å². The van der Waals surface area contributed by atoms with E-state index >= 15 is 0 Å². The molecule has 2 nitrogen and oxygen atoms in total. The largest absolute Gasteiger partial charge is 0.390 e. The Hall–Kier alpha value is -0.0800. The molecule has 1 spiro atoms. The summed E-state index contributed by atoms with van der Waals surface area (Å²) in [6.07, 6.45) is 15.0. The first-order chi connectivity index (χ1) is 9.69. The van der Waals surface area contributed by atoms with E-state index < -0.39 is 0 Å². The lowest BCUT2D eigenvalue weighted by Crippen LogP contribution is -2.49. The lowest BCUT2D eigenvalue weighted by Gasteiger charge is -2.48. The van der Waals surface area contributed by atoms with Gasteiger partial charge in [-0.25, -0.2) is 0 Å². The van der Waals surface area contributed by atoms with Crippen LogP contribution in [0.3, 0.4) is 0 Å². The van der Waals surface area contributed by atoms with Crippen LogP contribution in [0, 0.1) is 17.8 Å². The number of hydrogen-bond donors (Lipinski definition) is 1. The molecule has 3 atom stereocenters. The molecule has 0 aromatic heterocycles. The minimum atomic E-state index is -0.356. The van der Waals surface area contributed by atoms with Crippen LogP contribution in [0.4, 0.5) is 0 Å². The van der Waals surface area contributed by atoms with Crippen LogP contribution in [-0.2, 0) is 4.74 Å². The summed E-state index contributed by atoms with van der Waals surface area (Å²) in [5, 5.41) is 11.3. The third kappa shape index (κ3) is 2.43. The van der Waals surface area contributed by atoms with Crippen LogP contribution in [-0.4, -0.2) is 22.9 Å². The Balaban J connectivity index is 1.47. The van der Waals surface area contributed by atoms with Crippen molar-refractivity contribution < 1.29 is 9.84 Å². The Morgan fingerprint density at radius 1 is 0.800 bits per heavy atom. The van der Waals surface area contributed by atoms with E-state index in [2.05, 4.69) is 0 Å². The SMILES string of the molecule is OC1(C2CCOC3(CCCC3)C2)CCCC(C2CC2)C1. The van der Waals surface area contributed by atoms with Crippen LogP contribution in [0.2, 0.25) is 0 Å². The molecule has 4 fully saturated rings. The van der Waals surface area contributed by atoms with Gasteiger partial charge in [-0.2, -0.15) is 0 Å². The molecular formula is C18H30O2. The lowest BCUT2D eigenvalue weighted by molar-refractivity contribution is -0.155. The van der Waals surface area contributed by atoms with Crippen LogP contribution in [0.25, 0.3) is 0 Å². The molecule has 4 aliphatic rings. The Labute approximate surface area is 123 Å². The second kappa shape index (κ2) is 4.98. The maximum absolute atomic E-state index is 11.3. The van der Waals surface area contributed by atoms with Crippen molar-refractivity contribution in [3.05, 3.63) is 0 Å². The van der Waals surface area contributed by atoms with Gasteiger partial charge in [0.1, 0.15) is 0 Å². The number of rotatable bonds is 2. The average molecular weight is 278 g/mol. The van der Waals surface area contributed by atoms with Gasteiger partial charge in [-0.15, -0.1) is 0 Å².